The van der Waals surface area contributed by atoms with Gasteiger partial charge in [-0.25, -0.2) is 9.97 Å². The van der Waals surface area contributed by atoms with E-state index in [9.17, 15) is 4.79 Å². The molecule has 0 aliphatic carbocycles. The first-order valence-corrected chi connectivity index (χ1v) is 5.54. The number of aryl methyl sites for hydroxylation is 1. The second-order valence-corrected chi connectivity index (χ2v) is 4.41. The van der Waals surface area contributed by atoms with E-state index in [2.05, 4.69) is 23.8 Å². The maximum absolute atomic E-state index is 10.7. The third-order valence-corrected chi connectivity index (χ3v) is 2.71. The topological polar surface area (TPSA) is 67.5 Å². The van der Waals surface area contributed by atoms with Gasteiger partial charge in [0, 0.05) is 18.0 Å². The van der Waals surface area contributed by atoms with Gasteiger partial charge in [-0.1, -0.05) is 13.8 Å². The van der Waals surface area contributed by atoms with Gasteiger partial charge in [0.2, 0.25) is 0 Å². The molecular weight excluding hydrogens is 218 g/mol. The van der Waals surface area contributed by atoms with Crippen molar-refractivity contribution in [2.75, 3.05) is 0 Å². The fourth-order valence-corrected chi connectivity index (χ4v) is 1.81. The monoisotopic (exact) mass is 233 g/mol. The van der Waals surface area contributed by atoms with Gasteiger partial charge in [0.15, 0.2) is 0 Å². The maximum atomic E-state index is 10.7. The van der Waals surface area contributed by atoms with Gasteiger partial charge < -0.3 is 5.11 Å². The van der Waals surface area contributed by atoms with Crippen molar-refractivity contribution < 1.29 is 9.90 Å². The zero-order valence-corrected chi connectivity index (χ0v) is 10.1. The fourth-order valence-electron chi connectivity index (χ4n) is 1.81. The minimum atomic E-state index is -0.870. The summed E-state index contributed by atoms with van der Waals surface area (Å²) < 4.78 is 1.85. The second-order valence-electron chi connectivity index (χ2n) is 4.41. The minimum absolute atomic E-state index is 0.0569. The van der Waals surface area contributed by atoms with E-state index in [4.69, 9.17) is 5.11 Å². The molecule has 2 rings (SSSR count). The fraction of sp³-hybridized carbons (Fsp3) is 0.417. The first-order chi connectivity index (χ1) is 7.99. The van der Waals surface area contributed by atoms with E-state index in [-0.39, 0.29) is 6.42 Å². The van der Waals surface area contributed by atoms with Crippen LogP contribution in [0.2, 0.25) is 0 Å². The molecule has 0 amide bonds. The van der Waals surface area contributed by atoms with Gasteiger partial charge in [0.25, 0.3) is 0 Å². The number of nitrogens with zero attached hydrogens (tertiary/aromatic N) is 3. The Morgan fingerprint density at radius 3 is 2.82 bits per heavy atom. The maximum Gasteiger partial charge on any atom is 0.309 e. The van der Waals surface area contributed by atoms with Crippen LogP contribution in [-0.2, 0) is 11.2 Å². The number of carboxylic acid groups (broad SMARTS) is 1. The van der Waals surface area contributed by atoms with Crippen molar-refractivity contribution in [1.29, 1.82) is 0 Å². The standard InChI is InChI=1S/C12H15N3O2/c1-7(2)10-5-13-8(3)15-6-9(4-11(16)17)14-12(10)15/h5-7H,4H2,1-3H3,(H,16,17). The lowest BCUT2D eigenvalue weighted by molar-refractivity contribution is -0.136. The van der Waals surface area contributed by atoms with Crippen molar-refractivity contribution in [3.05, 3.63) is 29.5 Å². The van der Waals surface area contributed by atoms with Gasteiger partial charge in [-0.3, -0.25) is 9.20 Å². The number of aliphatic carboxylic acids is 1. The van der Waals surface area contributed by atoms with E-state index in [1.165, 1.54) is 0 Å². The minimum Gasteiger partial charge on any atom is -0.481 e. The second kappa shape index (κ2) is 4.16. The number of hydrogen-bond acceptors (Lipinski definition) is 3. The van der Waals surface area contributed by atoms with E-state index < -0.39 is 5.97 Å². The Hall–Kier alpha value is -1.91. The van der Waals surface area contributed by atoms with E-state index in [0.717, 1.165) is 17.0 Å². The third kappa shape index (κ3) is 2.13. The van der Waals surface area contributed by atoms with Crippen molar-refractivity contribution in [3.8, 4) is 0 Å². The lowest BCUT2D eigenvalue weighted by atomic mass is 10.1. The van der Waals surface area contributed by atoms with Crippen LogP contribution >= 0.6 is 0 Å². The summed E-state index contributed by atoms with van der Waals surface area (Å²) in [4.78, 5) is 19.4. The van der Waals surface area contributed by atoms with Gasteiger partial charge in [0.1, 0.15) is 11.5 Å². The zero-order chi connectivity index (χ0) is 12.6. The van der Waals surface area contributed by atoms with Gasteiger partial charge in [0.05, 0.1) is 12.1 Å². The average Bonchev–Trinajstić information content (AvgIpc) is 2.60. The SMILES string of the molecule is Cc1ncc(C(C)C)c2nc(CC(=O)O)cn12. The van der Waals surface area contributed by atoms with Gasteiger partial charge in [-0.15, -0.1) is 0 Å². The third-order valence-electron chi connectivity index (χ3n) is 2.71. The highest BCUT2D eigenvalue weighted by Gasteiger charge is 2.13. The molecule has 2 aromatic heterocycles. The smallest absolute Gasteiger partial charge is 0.309 e. The molecule has 0 saturated carbocycles. The molecule has 1 N–H and O–H groups in total. The average molecular weight is 233 g/mol. The number of fused-ring (bicyclic) bond motifs is 1. The molecule has 0 aliphatic heterocycles. The number of carboxylic acids is 1. The molecule has 0 radical (unpaired) electrons. The van der Waals surface area contributed by atoms with Crippen molar-refractivity contribution in [1.82, 2.24) is 14.4 Å². The Bertz CT molecular complexity index is 572. The first-order valence-electron chi connectivity index (χ1n) is 5.54. The van der Waals surface area contributed by atoms with E-state index in [1.54, 1.807) is 6.20 Å². The summed E-state index contributed by atoms with van der Waals surface area (Å²) in [5, 5.41) is 8.77. The van der Waals surface area contributed by atoms with Crippen LogP contribution in [0.15, 0.2) is 12.4 Å². The number of carbonyl (C=O) groups is 1. The molecule has 0 saturated heterocycles. The van der Waals surface area contributed by atoms with Crippen LogP contribution in [-0.4, -0.2) is 25.4 Å². The summed E-state index contributed by atoms with van der Waals surface area (Å²) in [6.07, 6.45) is 3.50. The lowest BCUT2D eigenvalue weighted by Crippen LogP contribution is -2.00. The van der Waals surface area contributed by atoms with E-state index in [0.29, 0.717) is 11.6 Å². The van der Waals surface area contributed by atoms with Crippen LogP contribution in [0.1, 0.15) is 36.8 Å². The number of rotatable bonds is 3. The van der Waals surface area contributed by atoms with Crippen LogP contribution in [0.25, 0.3) is 5.65 Å². The molecule has 0 unspecified atom stereocenters. The molecule has 0 atom stereocenters. The molecule has 0 aromatic carbocycles. The van der Waals surface area contributed by atoms with E-state index in [1.807, 2.05) is 17.5 Å². The summed E-state index contributed by atoms with van der Waals surface area (Å²) in [7, 11) is 0. The lowest BCUT2D eigenvalue weighted by Gasteiger charge is -2.07. The summed E-state index contributed by atoms with van der Waals surface area (Å²) in [5.41, 5.74) is 2.41. The molecule has 90 valence electrons. The van der Waals surface area contributed by atoms with Crippen LogP contribution in [0.4, 0.5) is 0 Å². The summed E-state index contributed by atoms with van der Waals surface area (Å²) >= 11 is 0. The van der Waals surface area contributed by atoms with E-state index >= 15 is 0 Å². The number of hydrogen-bond donors (Lipinski definition) is 1. The Balaban J connectivity index is 2.61. The molecule has 0 spiro atoms. The molecule has 0 aliphatic rings. The normalized spacial score (nSPS) is 11.3. The molecular formula is C12H15N3O2. The number of imidazole rings is 1. The Labute approximate surface area is 99.1 Å². The highest BCUT2D eigenvalue weighted by atomic mass is 16.4. The van der Waals surface area contributed by atoms with Crippen molar-refractivity contribution in [2.24, 2.45) is 0 Å². The molecule has 0 bridgehead atoms. The Kier molecular flexibility index (Phi) is 2.83. The molecule has 5 heteroatoms. The van der Waals surface area contributed by atoms with Crippen molar-refractivity contribution in [3.63, 3.8) is 0 Å². The predicted molar refractivity (Wildman–Crippen MR) is 63.2 cm³/mol. The molecule has 2 aromatic rings. The predicted octanol–water partition coefficient (Wildman–Crippen LogP) is 1.79. The highest BCUT2D eigenvalue weighted by molar-refractivity contribution is 5.70. The first kappa shape index (κ1) is 11.6. The van der Waals surface area contributed by atoms with Crippen LogP contribution in [0, 0.1) is 6.92 Å². The molecule has 2 heterocycles. The molecule has 5 nitrogen and oxygen atoms in total. The molecule has 0 fully saturated rings. The van der Waals surface area contributed by atoms with Crippen LogP contribution in [0.3, 0.4) is 0 Å². The molecule has 17 heavy (non-hydrogen) atoms. The summed E-state index contributed by atoms with van der Waals surface area (Å²) in [5.74, 6) is 0.254. The quantitative estimate of drug-likeness (QED) is 0.877. The zero-order valence-electron chi connectivity index (χ0n) is 10.1. The van der Waals surface area contributed by atoms with Crippen LogP contribution in [0.5, 0.6) is 0 Å². The van der Waals surface area contributed by atoms with Crippen molar-refractivity contribution in [2.45, 2.75) is 33.1 Å². The largest absolute Gasteiger partial charge is 0.481 e. The van der Waals surface area contributed by atoms with Crippen molar-refractivity contribution >= 4 is 11.6 Å². The van der Waals surface area contributed by atoms with Gasteiger partial charge >= 0.3 is 5.97 Å². The Morgan fingerprint density at radius 2 is 2.24 bits per heavy atom. The highest BCUT2D eigenvalue weighted by Crippen LogP contribution is 2.20. The Morgan fingerprint density at radius 1 is 1.53 bits per heavy atom. The van der Waals surface area contributed by atoms with Gasteiger partial charge in [-0.05, 0) is 12.8 Å². The number of aromatic nitrogens is 3. The van der Waals surface area contributed by atoms with Crippen LogP contribution < -0.4 is 0 Å². The van der Waals surface area contributed by atoms with Gasteiger partial charge in [-0.2, -0.15) is 0 Å². The summed E-state index contributed by atoms with van der Waals surface area (Å²) in [6.45, 7) is 6.01. The summed E-state index contributed by atoms with van der Waals surface area (Å²) in [6, 6.07) is 0.